The molecule has 0 heterocycles. The minimum absolute atomic E-state index is 0.784. The summed E-state index contributed by atoms with van der Waals surface area (Å²) in [5.41, 5.74) is 16.1. The molecule has 7 aromatic carbocycles. The molecule has 0 N–H and O–H groups in total. The van der Waals surface area contributed by atoms with Crippen molar-refractivity contribution in [1.82, 2.24) is 0 Å². The topological polar surface area (TPSA) is 0 Å². The van der Waals surface area contributed by atoms with Crippen LogP contribution >= 0.6 is 0 Å². The summed E-state index contributed by atoms with van der Waals surface area (Å²) >= 11 is 0. The summed E-state index contributed by atoms with van der Waals surface area (Å²) in [6.07, 6.45) is 7.40. The van der Waals surface area contributed by atoms with Crippen molar-refractivity contribution in [2.45, 2.75) is 12.8 Å². The van der Waals surface area contributed by atoms with Crippen molar-refractivity contribution < 1.29 is 0 Å². The molecule has 206 valence electrons. The average molecular weight is 559 g/mol. The van der Waals surface area contributed by atoms with Gasteiger partial charge in [0.2, 0.25) is 0 Å². The molecular weight excluding hydrogens is 528 g/mol. The first-order valence-electron chi connectivity index (χ1n) is 15.9. The fraction of sp³-hybridized carbons (Fsp3) is 0.0909. The van der Waals surface area contributed by atoms with Crippen LogP contribution in [-0.2, 0) is 6.42 Å². The van der Waals surface area contributed by atoms with Crippen molar-refractivity contribution in [3.05, 3.63) is 151 Å². The molecule has 0 aliphatic heterocycles. The summed E-state index contributed by atoms with van der Waals surface area (Å²) in [6.45, 7) is 0. The lowest BCUT2D eigenvalue weighted by Crippen LogP contribution is -1.93. The lowest BCUT2D eigenvalue weighted by molar-refractivity contribution is 0.789. The zero-order valence-electron chi connectivity index (χ0n) is 24.4. The highest BCUT2D eigenvalue weighted by atomic mass is 14.4. The summed E-state index contributed by atoms with van der Waals surface area (Å²) < 4.78 is 0. The van der Waals surface area contributed by atoms with Gasteiger partial charge in [0.05, 0.1) is 0 Å². The van der Waals surface area contributed by atoms with Crippen molar-refractivity contribution in [3.8, 4) is 55.6 Å². The molecule has 0 bridgehead atoms. The Kier molecular flexibility index (Phi) is 5.05. The van der Waals surface area contributed by atoms with E-state index in [1.165, 1.54) is 101 Å². The second kappa shape index (κ2) is 9.15. The monoisotopic (exact) mass is 558 g/mol. The third-order valence-electron chi connectivity index (χ3n) is 10.3. The lowest BCUT2D eigenvalue weighted by Gasteiger charge is -2.20. The van der Waals surface area contributed by atoms with Crippen molar-refractivity contribution in [3.63, 3.8) is 0 Å². The van der Waals surface area contributed by atoms with E-state index in [1.54, 1.807) is 0 Å². The summed E-state index contributed by atoms with van der Waals surface area (Å²) in [7, 11) is 0. The van der Waals surface area contributed by atoms with Crippen LogP contribution < -0.4 is 0 Å². The molecule has 0 radical (unpaired) electrons. The molecule has 7 aromatic rings. The Morgan fingerprint density at radius 2 is 1.16 bits per heavy atom. The Labute approximate surface area is 258 Å². The Balaban J connectivity index is 1.31. The third kappa shape index (κ3) is 3.52. The van der Waals surface area contributed by atoms with Crippen LogP contribution in [0.3, 0.4) is 0 Å². The Bertz CT molecular complexity index is 2320. The second-order valence-corrected chi connectivity index (χ2v) is 12.8. The van der Waals surface area contributed by atoms with Crippen molar-refractivity contribution in [1.29, 1.82) is 0 Å². The molecule has 10 rings (SSSR count). The normalized spacial score (nSPS) is 17.3. The van der Waals surface area contributed by atoms with E-state index >= 15 is 0 Å². The molecule has 0 aromatic heterocycles. The average Bonchev–Trinajstić information content (AvgIpc) is 3.79. The van der Waals surface area contributed by atoms with Crippen LogP contribution in [0.1, 0.15) is 17.5 Å². The molecule has 0 spiro atoms. The van der Waals surface area contributed by atoms with Crippen molar-refractivity contribution in [2.75, 3.05) is 0 Å². The molecule has 1 fully saturated rings. The Morgan fingerprint density at radius 3 is 1.89 bits per heavy atom. The highest BCUT2D eigenvalue weighted by molar-refractivity contribution is 6.28. The summed E-state index contributed by atoms with van der Waals surface area (Å²) in [6, 6.07) is 50.0. The van der Waals surface area contributed by atoms with Gasteiger partial charge in [0, 0.05) is 0 Å². The van der Waals surface area contributed by atoms with Gasteiger partial charge in [-0.05, 0) is 131 Å². The van der Waals surface area contributed by atoms with Gasteiger partial charge in [0.25, 0.3) is 0 Å². The highest BCUT2D eigenvalue weighted by Gasteiger charge is 2.36. The Hall–Kier alpha value is -5.20. The van der Waals surface area contributed by atoms with Gasteiger partial charge in [-0.2, -0.15) is 0 Å². The predicted octanol–water partition coefficient (Wildman–Crippen LogP) is 11.8. The molecule has 0 nitrogen and oxygen atoms in total. The maximum atomic E-state index is 2.48. The van der Waals surface area contributed by atoms with E-state index in [-0.39, 0.29) is 0 Å². The van der Waals surface area contributed by atoms with Crippen LogP contribution in [0.5, 0.6) is 0 Å². The SMILES string of the molecule is C1=CC2CC2Cc2ccc(-c3cc4c5c(cccc5c3)-c3c-4c(-c4ccccc4)c4ccccc4c3-c3ccccc3)cc21. The Morgan fingerprint density at radius 1 is 0.477 bits per heavy atom. The quantitative estimate of drug-likeness (QED) is 0.202. The van der Waals surface area contributed by atoms with Gasteiger partial charge in [0.1, 0.15) is 0 Å². The first kappa shape index (κ1) is 24.3. The van der Waals surface area contributed by atoms with Crippen LogP contribution in [0.15, 0.2) is 140 Å². The van der Waals surface area contributed by atoms with Crippen LogP contribution in [0.2, 0.25) is 0 Å². The first-order valence-corrected chi connectivity index (χ1v) is 15.9. The summed E-state index contributed by atoms with van der Waals surface area (Å²) in [5, 5.41) is 5.28. The molecule has 2 unspecified atom stereocenters. The number of hydrogen-bond donors (Lipinski definition) is 0. The third-order valence-corrected chi connectivity index (χ3v) is 10.3. The largest absolute Gasteiger partial charge is 0.0805 e. The smallest absolute Gasteiger partial charge is 0.000720 e. The molecule has 44 heavy (non-hydrogen) atoms. The van der Waals surface area contributed by atoms with Gasteiger partial charge in [-0.1, -0.05) is 127 Å². The number of allylic oxidation sites excluding steroid dienone is 1. The molecule has 2 atom stereocenters. The zero-order valence-corrected chi connectivity index (χ0v) is 24.4. The molecular formula is C44H30. The number of benzene rings is 7. The summed E-state index contributed by atoms with van der Waals surface area (Å²) in [4.78, 5) is 0. The van der Waals surface area contributed by atoms with Crippen LogP contribution in [0.25, 0.3) is 83.3 Å². The van der Waals surface area contributed by atoms with E-state index in [9.17, 15) is 0 Å². The number of fused-ring (bicyclic) bond motifs is 6. The van der Waals surface area contributed by atoms with Gasteiger partial charge >= 0.3 is 0 Å². The van der Waals surface area contributed by atoms with Gasteiger partial charge < -0.3 is 0 Å². The van der Waals surface area contributed by atoms with Crippen molar-refractivity contribution in [2.24, 2.45) is 11.8 Å². The molecule has 1 saturated carbocycles. The number of rotatable bonds is 3. The van der Waals surface area contributed by atoms with Gasteiger partial charge in [-0.25, -0.2) is 0 Å². The minimum atomic E-state index is 0.784. The fourth-order valence-corrected chi connectivity index (χ4v) is 8.15. The van der Waals surface area contributed by atoms with E-state index < -0.39 is 0 Å². The standard InChI is InChI=1S/C44H30/c1-3-10-27(11-4-1)41-36-15-7-8-16-37(36)42(28-12-5-2-6-13-28)44-39-26-35(25-33-14-9-17-38(40(33)39)43(41)44)31-20-19-30-23-34-24-32(34)21-18-29(30)22-31/h1-22,25-26,32,34H,23-24H2. The van der Waals surface area contributed by atoms with E-state index in [1.807, 2.05) is 0 Å². The first-order chi connectivity index (χ1) is 21.8. The molecule has 0 heteroatoms. The zero-order chi connectivity index (χ0) is 28.8. The van der Waals surface area contributed by atoms with E-state index in [0.29, 0.717) is 0 Å². The maximum absolute atomic E-state index is 2.48. The number of hydrogen-bond acceptors (Lipinski definition) is 0. The molecule has 3 aliphatic rings. The van der Waals surface area contributed by atoms with Gasteiger partial charge in [-0.3, -0.25) is 0 Å². The van der Waals surface area contributed by atoms with Crippen LogP contribution in [0.4, 0.5) is 0 Å². The van der Waals surface area contributed by atoms with E-state index in [4.69, 9.17) is 0 Å². The lowest BCUT2D eigenvalue weighted by atomic mass is 9.82. The second-order valence-electron chi connectivity index (χ2n) is 12.8. The maximum Gasteiger partial charge on any atom is -0.000720 e. The molecule has 0 saturated heterocycles. The van der Waals surface area contributed by atoms with Crippen LogP contribution in [-0.4, -0.2) is 0 Å². The molecule has 3 aliphatic carbocycles. The fourth-order valence-electron chi connectivity index (χ4n) is 8.15. The van der Waals surface area contributed by atoms with Gasteiger partial charge in [0.15, 0.2) is 0 Å². The van der Waals surface area contributed by atoms with Crippen molar-refractivity contribution >= 4 is 27.6 Å². The minimum Gasteiger partial charge on any atom is -0.0805 e. The van der Waals surface area contributed by atoms with Gasteiger partial charge in [-0.15, -0.1) is 0 Å². The highest BCUT2D eigenvalue weighted by Crippen LogP contribution is 2.58. The summed E-state index contributed by atoms with van der Waals surface area (Å²) in [5.74, 6) is 1.63. The molecule has 0 amide bonds. The van der Waals surface area contributed by atoms with E-state index in [2.05, 4.69) is 146 Å². The van der Waals surface area contributed by atoms with Crippen LogP contribution in [0, 0.1) is 11.8 Å². The van der Waals surface area contributed by atoms with E-state index in [0.717, 1.165) is 11.8 Å². The predicted molar refractivity (Wildman–Crippen MR) is 187 cm³/mol.